The number of hydrogen-bond donors (Lipinski definition) is 2. The van der Waals surface area contributed by atoms with Crippen LogP contribution in [0.15, 0.2) is 23.8 Å². The highest BCUT2D eigenvalue weighted by Gasteiger charge is 2.23. The minimum absolute atomic E-state index is 0.219. The zero-order chi connectivity index (χ0) is 15.4. The molecular formula is C13H13F2N3O3. The molecule has 1 aromatic carbocycles. The predicted molar refractivity (Wildman–Crippen MR) is 70.9 cm³/mol. The van der Waals surface area contributed by atoms with Gasteiger partial charge in [0.25, 0.3) is 11.6 Å². The van der Waals surface area contributed by atoms with E-state index < -0.39 is 33.7 Å². The van der Waals surface area contributed by atoms with Crippen molar-refractivity contribution in [3.05, 3.63) is 51.1 Å². The van der Waals surface area contributed by atoms with Crippen molar-refractivity contribution in [2.24, 2.45) is 0 Å². The highest BCUT2D eigenvalue weighted by molar-refractivity contribution is 5.98. The summed E-state index contributed by atoms with van der Waals surface area (Å²) in [5, 5.41) is 16.4. The van der Waals surface area contributed by atoms with Crippen molar-refractivity contribution in [3.63, 3.8) is 0 Å². The van der Waals surface area contributed by atoms with E-state index in [1.165, 1.54) is 0 Å². The fourth-order valence-corrected chi connectivity index (χ4v) is 1.99. The van der Waals surface area contributed by atoms with E-state index in [1.807, 2.05) is 6.08 Å². The van der Waals surface area contributed by atoms with Gasteiger partial charge in [-0.15, -0.1) is 0 Å². The smallest absolute Gasteiger partial charge is 0.285 e. The second-order valence-corrected chi connectivity index (χ2v) is 4.54. The number of rotatable bonds is 4. The molecule has 0 fully saturated rings. The van der Waals surface area contributed by atoms with E-state index in [0.717, 1.165) is 18.5 Å². The third kappa shape index (κ3) is 3.60. The summed E-state index contributed by atoms with van der Waals surface area (Å²) < 4.78 is 26.2. The molecule has 2 N–H and O–H groups in total. The summed E-state index contributed by atoms with van der Waals surface area (Å²) in [6, 6.07) is 0.952. The van der Waals surface area contributed by atoms with Gasteiger partial charge in [0.05, 0.1) is 11.0 Å². The summed E-state index contributed by atoms with van der Waals surface area (Å²) in [5.41, 5.74) is -0.272. The normalized spacial score (nSPS) is 14.5. The molecule has 1 aliphatic rings. The Morgan fingerprint density at radius 3 is 2.71 bits per heavy atom. The monoisotopic (exact) mass is 297 g/mol. The topological polar surface area (TPSA) is 84.3 Å². The van der Waals surface area contributed by atoms with Crippen LogP contribution < -0.4 is 10.6 Å². The van der Waals surface area contributed by atoms with E-state index in [-0.39, 0.29) is 6.54 Å². The van der Waals surface area contributed by atoms with Crippen molar-refractivity contribution >= 4 is 11.6 Å². The van der Waals surface area contributed by atoms with Crippen LogP contribution in [0.25, 0.3) is 0 Å². The van der Waals surface area contributed by atoms with Crippen LogP contribution in [-0.4, -0.2) is 30.5 Å². The van der Waals surface area contributed by atoms with E-state index in [4.69, 9.17) is 0 Å². The molecule has 1 aromatic rings. The first-order chi connectivity index (χ1) is 9.99. The van der Waals surface area contributed by atoms with Crippen LogP contribution in [0.1, 0.15) is 16.8 Å². The maximum Gasteiger partial charge on any atom is 0.285 e. The van der Waals surface area contributed by atoms with E-state index >= 15 is 0 Å². The molecule has 0 bridgehead atoms. The molecule has 112 valence electrons. The summed E-state index contributed by atoms with van der Waals surface area (Å²) in [4.78, 5) is 21.8. The molecule has 0 radical (unpaired) electrons. The quantitative estimate of drug-likeness (QED) is 0.501. The number of benzene rings is 1. The van der Waals surface area contributed by atoms with Crippen molar-refractivity contribution in [2.75, 3.05) is 19.6 Å². The fourth-order valence-electron chi connectivity index (χ4n) is 1.99. The number of hydrogen-bond acceptors (Lipinski definition) is 4. The lowest BCUT2D eigenvalue weighted by Gasteiger charge is -2.14. The molecule has 0 saturated carbocycles. The van der Waals surface area contributed by atoms with Crippen LogP contribution in [0.5, 0.6) is 0 Å². The fraction of sp³-hybridized carbons (Fsp3) is 0.308. The predicted octanol–water partition coefficient (Wildman–Crippen LogP) is 1.52. The zero-order valence-corrected chi connectivity index (χ0v) is 11.0. The molecule has 6 nitrogen and oxygen atoms in total. The summed E-state index contributed by atoms with van der Waals surface area (Å²) in [6.07, 6.45) is 2.66. The van der Waals surface area contributed by atoms with Gasteiger partial charge >= 0.3 is 0 Å². The summed E-state index contributed by atoms with van der Waals surface area (Å²) in [5.74, 6) is -3.47. The number of carbonyl (C=O) groups excluding carboxylic acids is 1. The number of carbonyl (C=O) groups is 1. The Balaban J connectivity index is 2.16. The third-order valence-corrected chi connectivity index (χ3v) is 3.11. The molecule has 8 heteroatoms. The van der Waals surface area contributed by atoms with Gasteiger partial charge < -0.3 is 10.6 Å². The molecule has 1 amide bonds. The summed E-state index contributed by atoms with van der Waals surface area (Å²) in [7, 11) is 0. The zero-order valence-electron chi connectivity index (χ0n) is 11.0. The molecule has 0 aliphatic carbocycles. The minimum atomic E-state index is -1.36. The third-order valence-electron chi connectivity index (χ3n) is 3.11. The molecule has 0 saturated heterocycles. The second-order valence-electron chi connectivity index (χ2n) is 4.54. The molecule has 0 atom stereocenters. The van der Waals surface area contributed by atoms with Crippen LogP contribution >= 0.6 is 0 Å². The first-order valence-corrected chi connectivity index (χ1v) is 6.29. The molecule has 21 heavy (non-hydrogen) atoms. The first-order valence-electron chi connectivity index (χ1n) is 6.29. The van der Waals surface area contributed by atoms with Crippen molar-refractivity contribution < 1.29 is 18.5 Å². The largest absolute Gasteiger partial charge is 0.348 e. The van der Waals surface area contributed by atoms with Gasteiger partial charge in [-0.3, -0.25) is 14.9 Å². The van der Waals surface area contributed by atoms with Crippen molar-refractivity contribution in [2.45, 2.75) is 6.42 Å². The van der Waals surface area contributed by atoms with E-state index in [2.05, 4.69) is 10.6 Å². The van der Waals surface area contributed by atoms with Gasteiger partial charge in [-0.2, -0.15) is 0 Å². The molecule has 1 heterocycles. The van der Waals surface area contributed by atoms with Gasteiger partial charge in [0, 0.05) is 13.1 Å². The maximum absolute atomic E-state index is 13.2. The summed E-state index contributed by atoms with van der Waals surface area (Å²) in [6.45, 7) is 1.69. The van der Waals surface area contributed by atoms with Crippen LogP contribution in [0.2, 0.25) is 0 Å². The lowest BCUT2D eigenvalue weighted by atomic mass is 10.1. The number of nitrogens with zero attached hydrogens (tertiary/aromatic N) is 1. The average molecular weight is 297 g/mol. The minimum Gasteiger partial charge on any atom is -0.348 e. The van der Waals surface area contributed by atoms with Crippen LogP contribution in [0, 0.1) is 21.7 Å². The average Bonchev–Trinajstić information content (AvgIpc) is 2.48. The van der Waals surface area contributed by atoms with E-state index in [9.17, 15) is 23.7 Å². The molecule has 0 spiro atoms. The SMILES string of the molecule is O=C(NCC1=CCNCC1)c1cc(F)c(F)cc1[N+](=O)[O-]. The van der Waals surface area contributed by atoms with Gasteiger partial charge in [-0.1, -0.05) is 11.6 Å². The number of nitrogens with one attached hydrogen (secondary N) is 2. The van der Waals surface area contributed by atoms with Crippen molar-refractivity contribution in [1.82, 2.24) is 10.6 Å². The highest BCUT2D eigenvalue weighted by Crippen LogP contribution is 2.22. The standard InChI is InChI=1S/C13H13F2N3O3/c14-10-5-9(12(18(20)21)6-11(10)15)13(19)17-7-8-1-3-16-4-2-8/h1,5-6,16H,2-4,7H2,(H,17,19). The van der Waals surface area contributed by atoms with Crippen LogP contribution in [-0.2, 0) is 0 Å². The van der Waals surface area contributed by atoms with Crippen LogP contribution in [0.3, 0.4) is 0 Å². The van der Waals surface area contributed by atoms with Gasteiger partial charge in [-0.05, 0) is 19.0 Å². The van der Waals surface area contributed by atoms with Gasteiger partial charge in [0.2, 0.25) is 0 Å². The maximum atomic E-state index is 13.2. The Morgan fingerprint density at radius 1 is 1.38 bits per heavy atom. The number of nitro groups is 1. The lowest BCUT2D eigenvalue weighted by Crippen LogP contribution is -2.30. The Morgan fingerprint density at radius 2 is 2.10 bits per heavy atom. The van der Waals surface area contributed by atoms with E-state index in [1.54, 1.807) is 0 Å². The van der Waals surface area contributed by atoms with Gasteiger partial charge in [0.15, 0.2) is 11.6 Å². The Kier molecular flexibility index (Phi) is 4.59. The van der Waals surface area contributed by atoms with Crippen molar-refractivity contribution in [1.29, 1.82) is 0 Å². The molecule has 0 unspecified atom stereocenters. The number of amides is 1. The molecular weight excluding hydrogens is 284 g/mol. The van der Waals surface area contributed by atoms with E-state index in [0.29, 0.717) is 18.7 Å². The number of nitro benzene ring substituents is 1. The molecule has 1 aliphatic heterocycles. The second kappa shape index (κ2) is 6.40. The Hall–Kier alpha value is -2.35. The first kappa shape index (κ1) is 15.0. The van der Waals surface area contributed by atoms with Crippen molar-refractivity contribution in [3.8, 4) is 0 Å². The number of halogens is 2. The lowest BCUT2D eigenvalue weighted by molar-refractivity contribution is -0.385. The van der Waals surface area contributed by atoms with Gasteiger partial charge in [0.1, 0.15) is 5.56 Å². The molecule has 0 aromatic heterocycles. The van der Waals surface area contributed by atoms with Gasteiger partial charge in [-0.25, -0.2) is 8.78 Å². The Bertz CT molecular complexity index is 617. The molecule has 2 rings (SSSR count). The van der Waals surface area contributed by atoms with Crippen LogP contribution in [0.4, 0.5) is 14.5 Å². The Labute approximate surface area is 119 Å². The highest BCUT2D eigenvalue weighted by atomic mass is 19.2. The summed E-state index contributed by atoms with van der Waals surface area (Å²) >= 11 is 0.